The summed E-state index contributed by atoms with van der Waals surface area (Å²) in [4.78, 5) is 38.8. The first kappa shape index (κ1) is 18.0. The summed E-state index contributed by atoms with van der Waals surface area (Å²) in [7, 11) is 1.59. The van der Waals surface area contributed by atoms with E-state index in [2.05, 4.69) is 5.32 Å². The summed E-state index contributed by atoms with van der Waals surface area (Å²) in [5.41, 5.74) is 1.97. The number of amides is 2. The third-order valence-corrected chi connectivity index (χ3v) is 5.10. The molecule has 1 saturated heterocycles. The maximum atomic E-state index is 12.8. The maximum Gasteiger partial charge on any atom is 0.340 e. The van der Waals surface area contributed by atoms with Crippen molar-refractivity contribution in [3.63, 3.8) is 0 Å². The minimum absolute atomic E-state index is 0.195. The Labute approximate surface area is 162 Å². The highest BCUT2D eigenvalue weighted by Crippen LogP contribution is 2.38. The van der Waals surface area contributed by atoms with Crippen LogP contribution in [0.15, 0.2) is 48.5 Å². The largest absolute Gasteiger partial charge is 0.497 e. The lowest BCUT2D eigenvalue weighted by Crippen LogP contribution is -2.46. The number of benzene rings is 2. The van der Waals surface area contributed by atoms with E-state index in [1.165, 1.54) is 4.90 Å². The number of ether oxygens (including phenoxy) is 2. The van der Waals surface area contributed by atoms with Crippen molar-refractivity contribution in [2.45, 2.75) is 31.7 Å². The average molecular weight is 380 g/mol. The topological polar surface area (TPSA) is 84.9 Å². The lowest BCUT2D eigenvalue weighted by Gasteiger charge is -2.29. The molecule has 0 unspecified atom stereocenters. The van der Waals surface area contributed by atoms with E-state index in [1.54, 1.807) is 31.4 Å². The lowest BCUT2D eigenvalue weighted by molar-refractivity contribution is -0.145. The molecule has 0 aliphatic carbocycles. The molecule has 28 heavy (non-hydrogen) atoms. The molecule has 2 aromatic carbocycles. The monoisotopic (exact) mass is 380 g/mol. The van der Waals surface area contributed by atoms with Crippen LogP contribution in [0.4, 0.5) is 0 Å². The fraction of sp³-hybridized carbons (Fsp3) is 0.286. The van der Waals surface area contributed by atoms with Crippen LogP contribution in [-0.2, 0) is 20.9 Å². The van der Waals surface area contributed by atoms with Crippen molar-refractivity contribution in [2.24, 2.45) is 0 Å². The number of methoxy groups -OCH3 is 1. The summed E-state index contributed by atoms with van der Waals surface area (Å²) in [6.45, 7) is 0.336. The number of likely N-dealkylation sites (tertiary alicyclic amines) is 1. The van der Waals surface area contributed by atoms with E-state index in [1.807, 2.05) is 24.3 Å². The van der Waals surface area contributed by atoms with Crippen LogP contribution in [-0.4, -0.2) is 35.8 Å². The van der Waals surface area contributed by atoms with Crippen molar-refractivity contribution in [1.29, 1.82) is 0 Å². The first-order valence-corrected chi connectivity index (χ1v) is 9.10. The molecule has 2 amide bonds. The molecule has 1 fully saturated rings. The number of rotatable bonds is 5. The first-order valence-electron chi connectivity index (χ1n) is 9.10. The third-order valence-electron chi connectivity index (χ3n) is 5.10. The highest BCUT2D eigenvalue weighted by Gasteiger charge is 2.46. The first-order chi connectivity index (χ1) is 13.6. The Kier molecular flexibility index (Phi) is 4.73. The quantitative estimate of drug-likeness (QED) is 0.804. The van der Waals surface area contributed by atoms with Crippen LogP contribution in [0.1, 0.15) is 40.6 Å². The summed E-state index contributed by atoms with van der Waals surface area (Å²) < 4.78 is 10.6. The average Bonchev–Trinajstić information content (AvgIpc) is 3.26. The Morgan fingerprint density at radius 2 is 1.93 bits per heavy atom. The van der Waals surface area contributed by atoms with Crippen LogP contribution in [0.25, 0.3) is 0 Å². The molecule has 0 aromatic heterocycles. The van der Waals surface area contributed by atoms with Crippen LogP contribution >= 0.6 is 0 Å². The van der Waals surface area contributed by atoms with Gasteiger partial charge in [0.15, 0.2) is 0 Å². The second-order valence-electron chi connectivity index (χ2n) is 6.77. The Bertz CT molecular complexity index is 925. The zero-order chi connectivity index (χ0) is 19.7. The minimum Gasteiger partial charge on any atom is -0.497 e. The molecule has 4 rings (SSSR count). The van der Waals surface area contributed by atoms with E-state index in [9.17, 15) is 14.4 Å². The van der Waals surface area contributed by atoms with Crippen LogP contribution in [0, 0.1) is 0 Å². The number of nitrogens with zero attached hydrogens (tertiary/aromatic N) is 1. The van der Waals surface area contributed by atoms with Crippen molar-refractivity contribution in [3.8, 4) is 5.75 Å². The predicted octanol–water partition coefficient (Wildman–Crippen LogP) is 2.17. The maximum absolute atomic E-state index is 12.8. The SMILES string of the molecule is COc1ccc(CNC(=O)[C@@H]2CCC(=O)N2[C@H]2OC(=O)c3ccccc32)cc1. The van der Waals surface area contributed by atoms with Gasteiger partial charge in [-0.3, -0.25) is 14.5 Å². The molecule has 2 aliphatic heterocycles. The summed E-state index contributed by atoms with van der Waals surface area (Å²) in [6.07, 6.45) is -0.212. The van der Waals surface area contributed by atoms with E-state index in [-0.39, 0.29) is 18.2 Å². The second-order valence-corrected chi connectivity index (χ2v) is 6.77. The molecule has 2 heterocycles. The second kappa shape index (κ2) is 7.34. The lowest BCUT2D eigenvalue weighted by atomic mass is 10.1. The van der Waals surface area contributed by atoms with Gasteiger partial charge in [0.25, 0.3) is 0 Å². The summed E-state index contributed by atoms with van der Waals surface area (Å²) in [5.74, 6) is -0.191. The number of carbonyl (C=O) groups excluding carboxylic acids is 3. The molecular weight excluding hydrogens is 360 g/mol. The summed E-state index contributed by atoms with van der Waals surface area (Å²) >= 11 is 0. The van der Waals surface area contributed by atoms with Gasteiger partial charge in [0.1, 0.15) is 11.8 Å². The smallest absolute Gasteiger partial charge is 0.340 e. The molecule has 7 heteroatoms. The molecule has 0 radical (unpaired) electrons. The van der Waals surface area contributed by atoms with Crippen molar-refractivity contribution in [3.05, 3.63) is 65.2 Å². The predicted molar refractivity (Wildman–Crippen MR) is 99.3 cm³/mol. The number of fused-ring (bicyclic) bond motifs is 1. The highest BCUT2D eigenvalue weighted by molar-refractivity contribution is 5.96. The van der Waals surface area contributed by atoms with Gasteiger partial charge in [-0.2, -0.15) is 0 Å². The normalized spacial score (nSPS) is 20.7. The van der Waals surface area contributed by atoms with Gasteiger partial charge in [-0.05, 0) is 30.2 Å². The van der Waals surface area contributed by atoms with E-state index in [0.717, 1.165) is 11.3 Å². The number of nitrogens with one attached hydrogen (secondary N) is 1. The van der Waals surface area contributed by atoms with Gasteiger partial charge < -0.3 is 14.8 Å². The van der Waals surface area contributed by atoms with Crippen molar-refractivity contribution in [1.82, 2.24) is 10.2 Å². The van der Waals surface area contributed by atoms with Gasteiger partial charge in [-0.15, -0.1) is 0 Å². The molecule has 0 spiro atoms. The molecule has 144 valence electrons. The molecule has 0 saturated carbocycles. The number of hydrogen-bond donors (Lipinski definition) is 1. The van der Waals surface area contributed by atoms with E-state index >= 15 is 0 Å². The summed E-state index contributed by atoms with van der Waals surface area (Å²) in [5, 5.41) is 2.87. The number of hydrogen-bond acceptors (Lipinski definition) is 5. The Balaban J connectivity index is 1.48. The van der Waals surface area contributed by atoms with E-state index in [0.29, 0.717) is 24.1 Å². The summed E-state index contributed by atoms with van der Waals surface area (Å²) in [6, 6.07) is 13.6. The zero-order valence-corrected chi connectivity index (χ0v) is 15.4. The van der Waals surface area contributed by atoms with Crippen molar-refractivity contribution < 1.29 is 23.9 Å². The molecule has 1 N–H and O–H groups in total. The molecule has 2 aliphatic rings. The minimum atomic E-state index is -0.851. The van der Waals surface area contributed by atoms with E-state index in [4.69, 9.17) is 9.47 Å². The van der Waals surface area contributed by atoms with Crippen molar-refractivity contribution in [2.75, 3.05) is 7.11 Å². The fourth-order valence-electron chi connectivity index (χ4n) is 3.64. The molecular formula is C21H20N2O5. The molecule has 0 bridgehead atoms. The number of carbonyl (C=O) groups is 3. The van der Waals surface area contributed by atoms with Crippen LogP contribution in [0.5, 0.6) is 5.75 Å². The van der Waals surface area contributed by atoms with Gasteiger partial charge in [0.2, 0.25) is 18.0 Å². The molecule has 2 atom stereocenters. The highest BCUT2D eigenvalue weighted by atomic mass is 16.6. The zero-order valence-electron chi connectivity index (χ0n) is 15.4. The van der Waals surface area contributed by atoms with Gasteiger partial charge in [0.05, 0.1) is 12.7 Å². The fourth-order valence-corrected chi connectivity index (χ4v) is 3.64. The van der Waals surface area contributed by atoms with Gasteiger partial charge in [0, 0.05) is 18.5 Å². The van der Waals surface area contributed by atoms with Crippen molar-refractivity contribution >= 4 is 17.8 Å². The molecule has 2 aromatic rings. The standard InChI is InChI=1S/C21H20N2O5/c1-27-14-8-6-13(7-9-14)12-22-19(25)17-10-11-18(24)23(17)20-15-4-2-3-5-16(15)21(26)28-20/h2-9,17,20H,10-12H2,1H3,(H,22,25)/t17-,20-/m0/s1. The van der Waals surface area contributed by atoms with Gasteiger partial charge in [-0.25, -0.2) is 4.79 Å². The third kappa shape index (κ3) is 3.19. The Hall–Kier alpha value is -3.35. The Morgan fingerprint density at radius 3 is 2.68 bits per heavy atom. The molecule has 7 nitrogen and oxygen atoms in total. The van der Waals surface area contributed by atoms with Crippen LogP contribution in [0.2, 0.25) is 0 Å². The van der Waals surface area contributed by atoms with Crippen LogP contribution in [0.3, 0.4) is 0 Å². The number of cyclic esters (lactones) is 1. The van der Waals surface area contributed by atoms with E-state index < -0.39 is 18.2 Å². The van der Waals surface area contributed by atoms with Gasteiger partial charge >= 0.3 is 5.97 Å². The number of esters is 1. The van der Waals surface area contributed by atoms with Crippen LogP contribution < -0.4 is 10.1 Å². The van der Waals surface area contributed by atoms with Gasteiger partial charge in [-0.1, -0.05) is 30.3 Å². The Morgan fingerprint density at radius 1 is 1.18 bits per heavy atom.